The molecule has 1 saturated heterocycles. The van der Waals surface area contributed by atoms with Gasteiger partial charge in [-0.05, 0) is 57.3 Å². The van der Waals surface area contributed by atoms with Crippen LogP contribution in [0, 0.1) is 12.8 Å². The Balaban J connectivity index is 1.58. The Hall–Kier alpha value is -2.14. The van der Waals surface area contributed by atoms with E-state index in [4.69, 9.17) is 4.42 Å². The molecule has 1 atom stereocenters. The van der Waals surface area contributed by atoms with Crippen molar-refractivity contribution in [3.8, 4) is 11.5 Å². The Morgan fingerprint density at radius 1 is 1.39 bits per heavy atom. The molecule has 0 saturated carbocycles. The van der Waals surface area contributed by atoms with Crippen LogP contribution in [-0.2, 0) is 0 Å². The van der Waals surface area contributed by atoms with Crippen LogP contribution in [0.2, 0.25) is 0 Å². The van der Waals surface area contributed by atoms with Gasteiger partial charge in [0.2, 0.25) is 11.7 Å². The van der Waals surface area contributed by atoms with Gasteiger partial charge in [0.05, 0.1) is 5.69 Å². The molecule has 2 heterocycles. The molecular formula is C18H23N3O2. The number of carbonyl (C=O) groups is 1. The molecule has 5 nitrogen and oxygen atoms in total. The van der Waals surface area contributed by atoms with Crippen molar-refractivity contribution in [1.82, 2.24) is 15.6 Å². The van der Waals surface area contributed by atoms with Crippen LogP contribution in [-0.4, -0.2) is 30.5 Å². The van der Waals surface area contributed by atoms with Gasteiger partial charge in [-0.2, -0.15) is 0 Å². The van der Waals surface area contributed by atoms with E-state index in [1.54, 1.807) is 6.92 Å². The molecule has 0 spiro atoms. The van der Waals surface area contributed by atoms with Crippen LogP contribution in [0.4, 0.5) is 0 Å². The summed E-state index contributed by atoms with van der Waals surface area (Å²) >= 11 is 0. The van der Waals surface area contributed by atoms with Gasteiger partial charge in [0.1, 0.15) is 0 Å². The molecule has 1 aliphatic rings. The molecule has 1 aromatic heterocycles. The van der Waals surface area contributed by atoms with Crippen LogP contribution in [0.15, 0.2) is 34.7 Å². The van der Waals surface area contributed by atoms with Crippen molar-refractivity contribution in [3.05, 3.63) is 41.8 Å². The van der Waals surface area contributed by atoms with E-state index >= 15 is 0 Å². The van der Waals surface area contributed by atoms with Gasteiger partial charge in [-0.15, -0.1) is 0 Å². The lowest BCUT2D eigenvalue weighted by molar-refractivity contribution is 0.0923. The third kappa shape index (κ3) is 3.99. The van der Waals surface area contributed by atoms with E-state index in [2.05, 4.69) is 15.6 Å². The van der Waals surface area contributed by atoms with Crippen LogP contribution in [0.3, 0.4) is 0 Å². The summed E-state index contributed by atoms with van der Waals surface area (Å²) in [5, 5.41) is 6.35. The van der Waals surface area contributed by atoms with Crippen molar-refractivity contribution in [2.45, 2.75) is 26.2 Å². The van der Waals surface area contributed by atoms with Crippen molar-refractivity contribution < 1.29 is 9.21 Å². The van der Waals surface area contributed by atoms with Crippen molar-refractivity contribution >= 4 is 5.91 Å². The highest BCUT2D eigenvalue weighted by Crippen LogP contribution is 2.21. The number of hydrogen-bond acceptors (Lipinski definition) is 4. The molecule has 122 valence electrons. The average molecular weight is 313 g/mol. The van der Waals surface area contributed by atoms with E-state index in [-0.39, 0.29) is 5.91 Å². The van der Waals surface area contributed by atoms with E-state index in [1.165, 1.54) is 12.8 Å². The van der Waals surface area contributed by atoms with Crippen molar-refractivity contribution in [1.29, 1.82) is 0 Å². The van der Waals surface area contributed by atoms with Crippen molar-refractivity contribution in [2.75, 3.05) is 19.6 Å². The van der Waals surface area contributed by atoms with E-state index in [0.717, 1.165) is 25.1 Å². The van der Waals surface area contributed by atoms with Crippen molar-refractivity contribution in [2.24, 2.45) is 5.92 Å². The summed E-state index contributed by atoms with van der Waals surface area (Å²) in [6.45, 7) is 4.64. The number of nitrogens with zero attached hydrogens (tertiary/aromatic N) is 1. The first-order valence-corrected chi connectivity index (χ1v) is 8.26. The quantitative estimate of drug-likeness (QED) is 0.891. The van der Waals surface area contributed by atoms with Crippen molar-refractivity contribution in [3.63, 3.8) is 0 Å². The Morgan fingerprint density at radius 2 is 2.22 bits per heavy atom. The SMILES string of the molecule is Cc1nc(-c2ccccc2)oc1C(=O)NCCC1CCCNC1. The molecule has 1 fully saturated rings. The summed E-state index contributed by atoms with van der Waals surface area (Å²) in [5.41, 5.74) is 1.50. The lowest BCUT2D eigenvalue weighted by Gasteiger charge is -2.22. The maximum absolute atomic E-state index is 12.3. The zero-order valence-corrected chi connectivity index (χ0v) is 13.5. The fourth-order valence-electron chi connectivity index (χ4n) is 2.95. The topological polar surface area (TPSA) is 67.2 Å². The second-order valence-electron chi connectivity index (χ2n) is 6.06. The molecule has 1 amide bonds. The maximum atomic E-state index is 12.3. The Kier molecular flexibility index (Phi) is 5.08. The number of nitrogens with one attached hydrogen (secondary N) is 2. The molecule has 3 rings (SSSR count). The predicted molar refractivity (Wildman–Crippen MR) is 89.2 cm³/mol. The lowest BCUT2D eigenvalue weighted by atomic mass is 9.96. The third-order valence-corrected chi connectivity index (χ3v) is 4.26. The van der Waals surface area contributed by atoms with Gasteiger partial charge in [-0.1, -0.05) is 18.2 Å². The average Bonchev–Trinajstić information content (AvgIpc) is 2.98. The summed E-state index contributed by atoms with van der Waals surface area (Å²) < 4.78 is 5.67. The number of amides is 1. The molecule has 0 aliphatic carbocycles. The highest BCUT2D eigenvalue weighted by Gasteiger charge is 2.19. The number of piperidine rings is 1. The second-order valence-corrected chi connectivity index (χ2v) is 6.06. The molecule has 1 aromatic carbocycles. The van der Waals surface area contributed by atoms with Gasteiger partial charge in [-0.3, -0.25) is 4.79 Å². The standard InChI is InChI=1S/C18H23N3O2/c1-13-16(23-18(21-13)15-7-3-2-4-8-15)17(22)20-11-9-14-6-5-10-19-12-14/h2-4,7-8,14,19H,5-6,9-12H2,1H3,(H,20,22). The molecule has 2 aromatic rings. The van der Waals surface area contributed by atoms with Gasteiger partial charge in [-0.25, -0.2) is 4.98 Å². The fourth-order valence-corrected chi connectivity index (χ4v) is 2.95. The number of aryl methyl sites for hydroxylation is 1. The summed E-state index contributed by atoms with van der Waals surface area (Å²) in [7, 11) is 0. The summed E-state index contributed by atoms with van der Waals surface area (Å²) in [6, 6.07) is 9.62. The second kappa shape index (κ2) is 7.42. The van der Waals surface area contributed by atoms with Gasteiger partial charge in [0.15, 0.2) is 0 Å². The number of benzene rings is 1. The fraction of sp³-hybridized carbons (Fsp3) is 0.444. The minimum atomic E-state index is -0.180. The molecule has 23 heavy (non-hydrogen) atoms. The molecule has 0 bridgehead atoms. The van der Waals surface area contributed by atoms with E-state index < -0.39 is 0 Å². The van der Waals surface area contributed by atoms with Gasteiger partial charge < -0.3 is 15.1 Å². The first-order chi connectivity index (χ1) is 11.2. The summed E-state index contributed by atoms with van der Waals surface area (Å²) in [5.74, 6) is 1.27. The lowest BCUT2D eigenvalue weighted by Crippen LogP contribution is -2.33. The number of aromatic nitrogens is 1. The molecule has 0 radical (unpaired) electrons. The Bertz CT molecular complexity index is 646. The van der Waals surface area contributed by atoms with Crippen LogP contribution in [0.25, 0.3) is 11.5 Å². The summed E-state index contributed by atoms with van der Waals surface area (Å²) in [6.07, 6.45) is 3.46. The predicted octanol–water partition coefficient (Wildman–Crippen LogP) is 2.77. The van der Waals surface area contributed by atoms with Crippen LogP contribution < -0.4 is 10.6 Å². The van der Waals surface area contributed by atoms with E-state index in [9.17, 15) is 4.79 Å². The van der Waals surface area contributed by atoms with Gasteiger partial charge in [0, 0.05) is 12.1 Å². The maximum Gasteiger partial charge on any atom is 0.289 e. The monoisotopic (exact) mass is 313 g/mol. The zero-order valence-electron chi connectivity index (χ0n) is 13.5. The first kappa shape index (κ1) is 15.7. The number of rotatable bonds is 5. The Labute approximate surface area is 136 Å². The number of oxazole rings is 1. The van der Waals surface area contributed by atoms with Gasteiger partial charge in [0.25, 0.3) is 5.91 Å². The number of carbonyl (C=O) groups excluding carboxylic acids is 1. The van der Waals surface area contributed by atoms with E-state index in [1.807, 2.05) is 30.3 Å². The highest BCUT2D eigenvalue weighted by atomic mass is 16.4. The van der Waals surface area contributed by atoms with Crippen LogP contribution in [0.1, 0.15) is 35.5 Å². The van der Waals surface area contributed by atoms with Crippen LogP contribution in [0.5, 0.6) is 0 Å². The van der Waals surface area contributed by atoms with Gasteiger partial charge >= 0.3 is 0 Å². The minimum Gasteiger partial charge on any atom is -0.431 e. The Morgan fingerprint density at radius 3 is 2.96 bits per heavy atom. The first-order valence-electron chi connectivity index (χ1n) is 8.26. The minimum absolute atomic E-state index is 0.180. The molecule has 5 heteroatoms. The molecule has 1 aliphatic heterocycles. The number of hydrogen-bond donors (Lipinski definition) is 2. The van der Waals surface area contributed by atoms with Crippen LogP contribution >= 0.6 is 0 Å². The molecule has 2 N–H and O–H groups in total. The molecular weight excluding hydrogens is 290 g/mol. The molecule has 1 unspecified atom stereocenters. The van der Waals surface area contributed by atoms with E-state index in [0.29, 0.717) is 29.8 Å². The zero-order chi connectivity index (χ0) is 16.1. The summed E-state index contributed by atoms with van der Waals surface area (Å²) in [4.78, 5) is 16.7. The largest absolute Gasteiger partial charge is 0.431 e. The normalized spacial score (nSPS) is 17.9. The third-order valence-electron chi connectivity index (χ3n) is 4.26. The highest BCUT2D eigenvalue weighted by molar-refractivity contribution is 5.92. The smallest absolute Gasteiger partial charge is 0.289 e.